The van der Waals surface area contributed by atoms with Crippen LogP contribution in [0.1, 0.15) is 13.3 Å². The molecule has 1 saturated heterocycles. The van der Waals surface area contributed by atoms with Crippen LogP contribution in [0, 0.1) is 5.92 Å². The number of aromatic nitrogens is 1. The van der Waals surface area contributed by atoms with E-state index in [4.69, 9.17) is 11.6 Å². The number of nitrogens with zero attached hydrogens (tertiary/aromatic N) is 2. The fraction of sp³-hybridized carbons (Fsp3) is 0.357. The minimum atomic E-state index is 0.775. The lowest BCUT2D eigenvalue weighted by atomic mass is 10.1. The van der Waals surface area contributed by atoms with Crippen LogP contribution in [0.25, 0.3) is 10.9 Å². The van der Waals surface area contributed by atoms with E-state index in [1.54, 1.807) is 0 Å². The highest BCUT2D eigenvalue weighted by Crippen LogP contribution is 2.31. The van der Waals surface area contributed by atoms with Crippen molar-refractivity contribution in [1.82, 2.24) is 4.98 Å². The van der Waals surface area contributed by atoms with Crippen molar-refractivity contribution in [2.24, 2.45) is 5.92 Å². The van der Waals surface area contributed by atoms with Gasteiger partial charge in [-0.05, 0) is 36.6 Å². The molecule has 3 heteroatoms. The molecule has 0 amide bonds. The Morgan fingerprint density at radius 3 is 3.00 bits per heavy atom. The molecule has 1 unspecified atom stereocenters. The van der Waals surface area contributed by atoms with Crippen LogP contribution in [-0.2, 0) is 0 Å². The van der Waals surface area contributed by atoms with Gasteiger partial charge in [0.25, 0.3) is 0 Å². The molecule has 0 aliphatic carbocycles. The van der Waals surface area contributed by atoms with Gasteiger partial charge in [-0.25, -0.2) is 0 Å². The Kier molecular flexibility index (Phi) is 2.67. The van der Waals surface area contributed by atoms with Gasteiger partial charge in [-0.15, -0.1) is 0 Å². The van der Waals surface area contributed by atoms with Gasteiger partial charge in [0, 0.05) is 35.4 Å². The lowest BCUT2D eigenvalue weighted by Crippen LogP contribution is -2.19. The number of halogens is 1. The fourth-order valence-electron chi connectivity index (χ4n) is 2.53. The highest BCUT2D eigenvalue weighted by Gasteiger charge is 2.20. The van der Waals surface area contributed by atoms with Crippen LogP contribution in [0.2, 0.25) is 5.02 Å². The van der Waals surface area contributed by atoms with E-state index < -0.39 is 0 Å². The van der Waals surface area contributed by atoms with Gasteiger partial charge in [0.15, 0.2) is 0 Å². The van der Waals surface area contributed by atoms with Crippen LogP contribution in [0.4, 0.5) is 5.69 Å². The molecule has 1 aromatic heterocycles. The molecule has 0 radical (unpaired) electrons. The maximum absolute atomic E-state index is 6.08. The van der Waals surface area contributed by atoms with E-state index in [1.165, 1.54) is 12.1 Å². The summed E-state index contributed by atoms with van der Waals surface area (Å²) in [5.41, 5.74) is 2.29. The van der Waals surface area contributed by atoms with Crippen LogP contribution in [0.15, 0.2) is 30.5 Å². The smallest absolute Gasteiger partial charge is 0.0723 e. The summed E-state index contributed by atoms with van der Waals surface area (Å²) in [6, 6.07) is 7.99. The summed E-state index contributed by atoms with van der Waals surface area (Å²) in [4.78, 5) is 6.82. The van der Waals surface area contributed by atoms with Crippen LogP contribution in [0.3, 0.4) is 0 Å². The molecule has 0 spiro atoms. The number of anilines is 1. The van der Waals surface area contributed by atoms with Gasteiger partial charge < -0.3 is 4.90 Å². The minimum absolute atomic E-state index is 0.775. The average Bonchev–Trinajstić information content (AvgIpc) is 2.75. The molecule has 1 aromatic carbocycles. The number of fused-ring (bicyclic) bond motifs is 1. The normalized spacial score (nSPS) is 20.1. The third kappa shape index (κ3) is 1.98. The standard InChI is InChI=1S/C14H15ClN2/c1-10-5-7-17(9-10)14-4-6-16-13-3-2-11(15)8-12(13)14/h2-4,6,8,10H,5,7,9H2,1H3. The maximum Gasteiger partial charge on any atom is 0.0723 e. The second kappa shape index (κ2) is 4.19. The van der Waals surface area contributed by atoms with Crippen molar-refractivity contribution in [3.8, 4) is 0 Å². The second-order valence-electron chi connectivity index (χ2n) is 4.83. The number of benzene rings is 1. The summed E-state index contributed by atoms with van der Waals surface area (Å²) in [5, 5.41) is 1.94. The monoisotopic (exact) mass is 246 g/mol. The zero-order valence-electron chi connectivity index (χ0n) is 9.86. The Hall–Kier alpha value is -1.28. The van der Waals surface area contributed by atoms with Gasteiger partial charge in [-0.3, -0.25) is 4.98 Å². The van der Waals surface area contributed by atoms with Crippen LogP contribution in [0.5, 0.6) is 0 Å². The van der Waals surface area contributed by atoms with Crippen molar-refractivity contribution >= 4 is 28.2 Å². The van der Waals surface area contributed by atoms with Crippen LogP contribution < -0.4 is 4.90 Å². The van der Waals surface area contributed by atoms with Crippen molar-refractivity contribution in [2.45, 2.75) is 13.3 Å². The van der Waals surface area contributed by atoms with E-state index in [-0.39, 0.29) is 0 Å². The molecule has 0 saturated carbocycles. The number of hydrogen-bond acceptors (Lipinski definition) is 2. The van der Waals surface area contributed by atoms with Crippen molar-refractivity contribution in [2.75, 3.05) is 18.0 Å². The van der Waals surface area contributed by atoms with E-state index in [0.29, 0.717) is 0 Å². The summed E-state index contributed by atoms with van der Waals surface area (Å²) in [6.07, 6.45) is 3.15. The Morgan fingerprint density at radius 1 is 1.35 bits per heavy atom. The zero-order chi connectivity index (χ0) is 11.8. The molecule has 0 bridgehead atoms. The van der Waals surface area contributed by atoms with Gasteiger partial charge in [-0.1, -0.05) is 18.5 Å². The number of rotatable bonds is 1. The predicted octanol–water partition coefficient (Wildman–Crippen LogP) is 3.73. The molecule has 1 atom stereocenters. The van der Waals surface area contributed by atoms with Crippen LogP contribution >= 0.6 is 11.6 Å². The first-order valence-electron chi connectivity index (χ1n) is 6.03. The fourth-order valence-corrected chi connectivity index (χ4v) is 2.71. The van der Waals surface area contributed by atoms with E-state index in [1.807, 2.05) is 24.4 Å². The largest absolute Gasteiger partial charge is 0.371 e. The Balaban J connectivity index is 2.12. The minimum Gasteiger partial charge on any atom is -0.371 e. The molecular formula is C14H15ClN2. The lowest BCUT2D eigenvalue weighted by molar-refractivity contribution is 0.659. The third-order valence-corrected chi connectivity index (χ3v) is 3.68. The molecule has 1 fully saturated rings. The number of pyridine rings is 1. The number of hydrogen-bond donors (Lipinski definition) is 0. The van der Waals surface area contributed by atoms with Gasteiger partial charge in [0.1, 0.15) is 0 Å². The Bertz CT molecular complexity index is 553. The Morgan fingerprint density at radius 2 is 2.24 bits per heavy atom. The predicted molar refractivity (Wildman–Crippen MR) is 72.7 cm³/mol. The lowest BCUT2D eigenvalue weighted by Gasteiger charge is -2.20. The summed E-state index contributed by atoms with van der Waals surface area (Å²) in [7, 11) is 0. The van der Waals surface area contributed by atoms with E-state index in [2.05, 4.69) is 22.9 Å². The molecule has 2 nitrogen and oxygen atoms in total. The average molecular weight is 247 g/mol. The molecule has 1 aliphatic heterocycles. The first-order chi connectivity index (χ1) is 8.24. The molecule has 1 aliphatic rings. The van der Waals surface area contributed by atoms with Crippen molar-refractivity contribution in [3.05, 3.63) is 35.5 Å². The van der Waals surface area contributed by atoms with Gasteiger partial charge in [0.05, 0.1) is 5.52 Å². The molecule has 2 heterocycles. The first kappa shape index (κ1) is 10.8. The molecule has 88 valence electrons. The topological polar surface area (TPSA) is 16.1 Å². The van der Waals surface area contributed by atoms with Gasteiger partial charge in [0.2, 0.25) is 0 Å². The molecular weight excluding hydrogens is 232 g/mol. The maximum atomic E-state index is 6.08. The summed E-state index contributed by atoms with van der Waals surface area (Å²) in [5.74, 6) is 0.775. The quantitative estimate of drug-likeness (QED) is 0.762. The summed E-state index contributed by atoms with van der Waals surface area (Å²) >= 11 is 6.08. The van der Waals surface area contributed by atoms with E-state index in [9.17, 15) is 0 Å². The molecule has 0 N–H and O–H groups in total. The molecule has 3 rings (SSSR count). The SMILES string of the molecule is CC1CCN(c2ccnc3ccc(Cl)cc23)C1. The Labute approximate surface area is 106 Å². The first-order valence-corrected chi connectivity index (χ1v) is 6.41. The van der Waals surface area contributed by atoms with Crippen LogP contribution in [-0.4, -0.2) is 18.1 Å². The zero-order valence-corrected chi connectivity index (χ0v) is 10.6. The van der Waals surface area contributed by atoms with Crippen molar-refractivity contribution in [1.29, 1.82) is 0 Å². The summed E-state index contributed by atoms with van der Waals surface area (Å²) < 4.78 is 0. The van der Waals surface area contributed by atoms with E-state index in [0.717, 1.165) is 34.9 Å². The van der Waals surface area contributed by atoms with Crippen molar-refractivity contribution in [3.63, 3.8) is 0 Å². The third-order valence-electron chi connectivity index (χ3n) is 3.45. The highest BCUT2D eigenvalue weighted by molar-refractivity contribution is 6.31. The van der Waals surface area contributed by atoms with Gasteiger partial charge >= 0.3 is 0 Å². The molecule has 17 heavy (non-hydrogen) atoms. The van der Waals surface area contributed by atoms with E-state index >= 15 is 0 Å². The van der Waals surface area contributed by atoms with Gasteiger partial charge in [-0.2, -0.15) is 0 Å². The summed E-state index contributed by atoms with van der Waals surface area (Å²) in [6.45, 7) is 4.56. The highest BCUT2D eigenvalue weighted by atomic mass is 35.5. The molecule has 2 aromatic rings. The second-order valence-corrected chi connectivity index (χ2v) is 5.27. The van der Waals surface area contributed by atoms with Crippen molar-refractivity contribution < 1.29 is 0 Å².